The second-order valence-electron chi connectivity index (χ2n) is 9.50. The molecule has 4 heteroatoms. The fourth-order valence-electron chi connectivity index (χ4n) is 5.97. The van der Waals surface area contributed by atoms with E-state index in [0.29, 0.717) is 17.4 Å². The number of rotatable bonds is 6. The number of ether oxygens (including phenoxy) is 1. The van der Waals surface area contributed by atoms with Crippen molar-refractivity contribution in [1.82, 2.24) is 15.1 Å². The van der Waals surface area contributed by atoms with Crippen molar-refractivity contribution in [3.63, 3.8) is 0 Å². The highest BCUT2D eigenvalue weighted by Crippen LogP contribution is 2.53. The third kappa shape index (κ3) is 3.89. The van der Waals surface area contributed by atoms with Crippen LogP contribution in [0.3, 0.4) is 0 Å². The summed E-state index contributed by atoms with van der Waals surface area (Å²) in [7, 11) is 1.82. The molecule has 156 valence electrons. The fourth-order valence-corrected chi connectivity index (χ4v) is 5.97. The minimum atomic E-state index is 0.515. The molecule has 1 N–H and O–H groups in total. The molecule has 0 aromatic heterocycles. The molecule has 3 aliphatic rings. The Labute approximate surface area is 171 Å². The lowest BCUT2D eigenvalue weighted by Gasteiger charge is -2.60. The van der Waals surface area contributed by atoms with Crippen LogP contribution in [0.25, 0.3) is 0 Å². The highest BCUT2D eigenvalue weighted by Gasteiger charge is 2.51. The van der Waals surface area contributed by atoms with E-state index in [1.165, 1.54) is 57.4 Å². The van der Waals surface area contributed by atoms with Crippen LogP contribution in [0.4, 0.5) is 0 Å². The van der Waals surface area contributed by atoms with Gasteiger partial charge in [-0.25, -0.2) is 0 Å². The van der Waals surface area contributed by atoms with E-state index in [4.69, 9.17) is 4.74 Å². The first-order valence-electron chi connectivity index (χ1n) is 11.4. The standard InChI is InChI=1S/C24H39N3O/c1-19(2)20-6-4-5-7-21(20)22-18-26(16-17-28-3)14-15-27(22)23-8-9-24(23)10-12-25-13-11-24/h4-7,19,22-23,25H,8-18H2,1-3H3. The molecule has 2 saturated heterocycles. The minimum absolute atomic E-state index is 0.515. The number of piperazine rings is 1. The molecule has 2 atom stereocenters. The molecule has 1 saturated carbocycles. The molecular weight excluding hydrogens is 346 g/mol. The lowest BCUT2D eigenvalue weighted by Crippen LogP contribution is -2.63. The first-order valence-corrected chi connectivity index (χ1v) is 11.4. The van der Waals surface area contributed by atoms with Gasteiger partial charge in [-0.05, 0) is 61.2 Å². The highest BCUT2D eigenvalue weighted by atomic mass is 16.5. The van der Waals surface area contributed by atoms with Crippen LogP contribution in [-0.2, 0) is 4.74 Å². The predicted octanol–water partition coefficient (Wildman–Crippen LogP) is 3.65. The Bertz CT molecular complexity index is 640. The summed E-state index contributed by atoms with van der Waals surface area (Å²) in [4.78, 5) is 5.54. The summed E-state index contributed by atoms with van der Waals surface area (Å²) in [6.45, 7) is 12.5. The van der Waals surface area contributed by atoms with Gasteiger partial charge >= 0.3 is 0 Å². The molecule has 1 aromatic carbocycles. The Kier molecular flexibility index (Phi) is 6.41. The zero-order valence-corrected chi connectivity index (χ0v) is 18.1. The number of piperidine rings is 1. The molecule has 0 radical (unpaired) electrons. The molecule has 0 bridgehead atoms. The van der Waals surface area contributed by atoms with Crippen molar-refractivity contribution in [1.29, 1.82) is 0 Å². The first-order chi connectivity index (χ1) is 13.6. The summed E-state index contributed by atoms with van der Waals surface area (Å²) < 4.78 is 5.38. The molecule has 4 nitrogen and oxygen atoms in total. The van der Waals surface area contributed by atoms with E-state index in [2.05, 4.69) is 53.2 Å². The maximum absolute atomic E-state index is 5.38. The minimum Gasteiger partial charge on any atom is -0.383 e. The van der Waals surface area contributed by atoms with Gasteiger partial charge in [0.2, 0.25) is 0 Å². The average molecular weight is 386 g/mol. The number of methoxy groups -OCH3 is 1. The summed E-state index contributed by atoms with van der Waals surface area (Å²) in [6, 6.07) is 10.5. The third-order valence-corrected chi connectivity index (χ3v) is 7.72. The maximum Gasteiger partial charge on any atom is 0.0589 e. The van der Waals surface area contributed by atoms with Crippen molar-refractivity contribution in [2.75, 3.05) is 53.0 Å². The van der Waals surface area contributed by atoms with E-state index in [0.717, 1.165) is 25.7 Å². The second kappa shape index (κ2) is 8.83. The van der Waals surface area contributed by atoms with Gasteiger partial charge in [0.25, 0.3) is 0 Å². The number of hydrogen-bond acceptors (Lipinski definition) is 4. The van der Waals surface area contributed by atoms with Gasteiger partial charge in [-0.1, -0.05) is 38.1 Å². The summed E-state index contributed by atoms with van der Waals surface area (Å²) in [5.41, 5.74) is 3.67. The van der Waals surface area contributed by atoms with Crippen molar-refractivity contribution >= 4 is 0 Å². The van der Waals surface area contributed by atoms with Crippen LogP contribution in [0.1, 0.15) is 62.6 Å². The zero-order chi connectivity index (χ0) is 19.6. The number of benzene rings is 1. The van der Waals surface area contributed by atoms with Gasteiger partial charge in [0.1, 0.15) is 0 Å². The van der Waals surface area contributed by atoms with Crippen molar-refractivity contribution in [2.24, 2.45) is 5.41 Å². The number of hydrogen-bond donors (Lipinski definition) is 1. The first kappa shape index (κ1) is 20.3. The van der Waals surface area contributed by atoms with Gasteiger partial charge in [0.15, 0.2) is 0 Å². The van der Waals surface area contributed by atoms with Crippen LogP contribution in [0.2, 0.25) is 0 Å². The molecule has 1 spiro atoms. The van der Waals surface area contributed by atoms with Gasteiger partial charge in [0, 0.05) is 45.4 Å². The van der Waals surface area contributed by atoms with Crippen LogP contribution in [0, 0.1) is 5.41 Å². The van der Waals surface area contributed by atoms with E-state index in [-0.39, 0.29) is 0 Å². The number of nitrogens with zero attached hydrogens (tertiary/aromatic N) is 2. The normalized spacial score (nSPS) is 28.6. The Balaban J connectivity index is 1.61. The topological polar surface area (TPSA) is 27.7 Å². The molecule has 1 aromatic rings. The zero-order valence-electron chi connectivity index (χ0n) is 18.1. The van der Waals surface area contributed by atoms with Gasteiger partial charge in [-0.15, -0.1) is 0 Å². The van der Waals surface area contributed by atoms with E-state index in [9.17, 15) is 0 Å². The molecule has 0 amide bonds. The second-order valence-corrected chi connectivity index (χ2v) is 9.50. The molecular formula is C24H39N3O. The lowest BCUT2D eigenvalue weighted by atomic mass is 9.58. The van der Waals surface area contributed by atoms with Gasteiger partial charge < -0.3 is 10.1 Å². The van der Waals surface area contributed by atoms with E-state index in [1.54, 1.807) is 5.56 Å². The van der Waals surface area contributed by atoms with Crippen LogP contribution in [-0.4, -0.2) is 68.8 Å². The van der Waals surface area contributed by atoms with E-state index >= 15 is 0 Å². The summed E-state index contributed by atoms with van der Waals surface area (Å²) in [5.74, 6) is 0.571. The quantitative estimate of drug-likeness (QED) is 0.809. The average Bonchev–Trinajstić information content (AvgIpc) is 2.72. The van der Waals surface area contributed by atoms with Gasteiger partial charge in [0.05, 0.1) is 6.61 Å². The van der Waals surface area contributed by atoms with Crippen LogP contribution in [0.15, 0.2) is 24.3 Å². The fraction of sp³-hybridized carbons (Fsp3) is 0.750. The Morgan fingerprint density at radius 3 is 2.61 bits per heavy atom. The summed E-state index contributed by atoms with van der Waals surface area (Å²) in [6.07, 6.45) is 5.54. The van der Waals surface area contributed by atoms with Crippen molar-refractivity contribution < 1.29 is 4.74 Å². The Morgan fingerprint density at radius 2 is 1.93 bits per heavy atom. The molecule has 1 aliphatic carbocycles. The molecule has 2 unspecified atom stereocenters. The van der Waals surface area contributed by atoms with Crippen LogP contribution in [0.5, 0.6) is 0 Å². The molecule has 2 aliphatic heterocycles. The largest absolute Gasteiger partial charge is 0.383 e. The molecule has 2 heterocycles. The summed E-state index contributed by atoms with van der Waals surface area (Å²) in [5, 5.41) is 3.59. The van der Waals surface area contributed by atoms with Crippen molar-refractivity contribution in [2.45, 2.75) is 57.5 Å². The van der Waals surface area contributed by atoms with Crippen molar-refractivity contribution in [3.05, 3.63) is 35.4 Å². The van der Waals surface area contributed by atoms with E-state index < -0.39 is 0 Å². The molecule has 3 fully saturated rings. The smallest absolute Gasteiger partial charge is 0.0589 e. The highest BCUT2D eigenvalue weighted by molar-refractivity contribution is 5.33. The third-order valence-electron chi connectivity index (χ3n) is 7.72. The predicted molar refractivity (Wildman–Crippen MR) is 116 cm³/mol. The molecule has 28 heavy (non-hydrogen) atoms. The lowest BCUT2D eigenvalue weighted by molar-refractivity contribution is -0.0908. The monoisotopic (exact) mass is 385 g/mol. The van der Waals surface area contributed by atoms with Crippen LogP contribution < -0.4 is 5.32 Å². The maximum atomic E-state index is 5.38. The SMILES string of the molecule is COCCN1CCN(C2CCC23CCNCC3)C(c2ccccc2C(C)C)C1. The van der Waals surface area contributed by atoms with E-state index in [1.807, 2.05) is 7.11 Å². The summed E-state index contributed by atoms with van der Waals surface area (Å²) >= 11 is 0. The van der Waals surface area contributed by atoms with Crippen molar-refractivity contribution in [3.8, 4) is 0 Å². The van der Waals surface area contributed by atoms with Crippen LogP contribution >= 0.6 is 0 Å². The molecule has 4 rings (SSSR count). The van der Waals surface area contributed by atoms with Gasteiger partial charge in [-0.3, -0.25) is 9.80 Å². The Hall–Kier alpha value is -0.940. The van der Waals surface area contributed by atoms with Gasteiger partial charge in [-0.2, -0.15) is 0 Å². The number of nitrogens with one attached hydrogen (secondary N) is 1. The Morgan fingerprint density at radius 1 is 1.14 bits per heavy atom.